The lowest BCUT2D eigenvalue weighted by molar-refractivity contribution is 0.186. The Hall–Kier alpha value is -0.940. The van der Waals surface area contributed by atoms with Crippen molar-refractivity contribution in [1.29, 1.82) is 5.41 Å². The molecule has 0 spiro atoms. The van der Waals surface area contributed by atoms with Crippen LogP contribution in [0, 0.1) is 11.3 Å². The number of nitrogens with zero attached hydrogens (tertiary/aromatic N) is 2. The van der Waals surface area contributed by atoms with Crippen LogP contribution in [0.15, 0.2) is 6.20 Å². The van der Waals surface area contributed by atoms with E-state index in [0.717, 1.165) is 28.8 Å². The van der Waals surface area contributed by atoms with E-state index in [1.54, 1.807) is 17.5 Å². The molecule has 0 aromatic carbocycles. The van der Waals surface area contributed by atoms with Crippen molar-refractivity contribution in [3.8, 4) is 0 Å². The first-order chi connectivity index (χ1) is 8.15. The molecule has 17 heavy (non-hydrogen) atoms. The molecular formula is C12H20N4S. The van der Waals surface area contributed by atoms with E-state index in [1.165, 1.54) is 25.9 Å². The molecule has 94 valence electrons. The van der Waals surface area contributed by atoms with E-state index in [1.807, 2.05) is 0 Å². The predicted octanol–water partition coefficient (Wildman–Crippen LogP) is 1.70. The summed E-state index contributed by atoms with van der Waals surface area (Å²) in [6, 6.07) is 0. The van der Waals surface area contributed by atoms with Gasteiger partial charge >= 0.3 is 0 Å². The Morgan fingerprint density at radius 3 is 3.18 bits per heavy atom. The SMILES string of the molecule is CC1CCCN(CCc2ncc(C(=N)N)s2)C1. The lowest BCUT2D eigenvalue weighted by Crippen LogP contribution is -2.35. The highest BCUT2D eigenvalue weighted by Gasteiger charge is 2.16. The zero-order valence-corrected chi connectivity index (χ0v) is 11.1. The van der Waals surface area contributed by atoms with Crippen LogP contribution in [0.1, 0.15) is 29.7 Å². The summed E-state index contributed by atoms with van der Waals surface area (Å²) < 4.78 is 0. The molecule has 0 saturated carbocycles. The Bertz CT molecular complexity index is 388. The highest BCUT2D eigenvalue weighted by Crippen LogP contribution is 2.17. The number of nitrogens with two attached hydrogens (primary N) is 1. The van der Waals surface area contributed by atoms with Gasteiger partial charge in [0.25, 0.3) is 0 Å². The average molecular weight is 252 g/mol. The molecule has 3 N–H and O–H groups in total. The zero-order chi connectivity index (χ0) is 12.3. The van der Waals surface area contributed by atoms with Gasteiger partial charge in [-0.3, -0.25) is 5.41 Å². The molecule has 5 heteroatoms. The fourth-order valence-electron chi connectivity index (χ4n) is 2.29. The summed E-state index contributed by atoms with van der Waals surface area (Å²) in [5.74, 6) is 0.952. The molecule has 1 unspecified atom stereocenters. The number of aromatic nitrogens is 1. The fraction of sp³-hybridized carbons (Fsp3) is 0.667. The molecule has 0 radical (unpaired) electrons. The summed E-state index contributed by atoms with van der Waals surface area (Å²) in [5, 5.41) is 8.43. The zero-order valence-electron chi connectivity index (χ0n) is 10.3. The molecule has 1 aromatic rings. The molecule has 1 atom stereocenters. The molecule has 1 saturated heterocycles. The van der Waals surface area contributed by atoms with Gasteiger partial charge in [-0.2, -0.15) is 0 Å². The number of nitrogens with one attached hydrogen (secondary N) is 1. The van der Waals surface area contributed by atoms with Gasteiger partial charge in [0.05, 0.1) is 9.88 Å². The minimum absolute atomic E-state index is 0.125. The maximum absolute atomic E-state index is 7.34. The van der Waals surface area contributed by atoms with Gasteiger partial charge in [-0.1, -0.05) is 6.92 Å². The third-order valence-electron chi connectivity index (χ3n) is 3.20. The molecule has 0 bridgehead atoms. The quantitative estimate of drug-likeness (QED) is 0.633. The van der Waals surface area contributed by atoms with Crippen molar-refractivity contribution in [3.05, 3.63) is 16.1 Å². The lowest BCUT2D eigenvalue weighted by atomic mass is 10.0. The first-order valence-electron chi connectivity index (χ1n) is 6.16. The maximum atomic E-state index is 7.34. The van der Waals surface area contributed by atoms with E-state index in [9.17, 15) is 0 Å². The molecule has 2 rings (SSSR count). The minimum Gasteiger partial charge on any atom is -0.383 e. The molecule has 1 fully saturated rings. The van der Waals surface area contributed by atoms with Crippen LogP contribution >= 0.6 is 11.3 Å². The van der Waals surface area contributed by atoms with Gasteiger partial charge in [0.1, 0.15) is 5.84 Å². The number of rotatable bonds is 4. The molecule has 0 amide bonds. The van der Waals surface area contributed by atoms with Crippen LogP contribution in [0.2, 0.25) is 0 Å². The van der Waals surface area contributed by atoms with Crippen LogP contribution in [-0.2, 0) is 6.42 Å². The summed E-state index contributed by atoms with van der Waals surface area (Å²) in [6.45, 7) is 5.83. The molecular weight excluding hydrogens is 232 g/mol. The maximum Gasteiger partial charge on any atom is 0.134 e. The third-order valence-corrected chi connectivity index (χ3v) is 4.29. The molecule has 4 nitrogen and oxygen atoms in total. The van der Waals surface area contributed by atoms with Gasteiger partial charge < -0.3 is 10.6 Å². The van der Waals surface area contributed by atoms with Crippen molar-refractivity contribution in [1.82, 2.24) is 9.88 Å². The number of likely N-dealkylation sites (tertiary alicyclic amines) is 1. The van der Waals surface area contributed by atoms with Crippen LogP contribution in [0.3, 0.4) is 0 Å². The number of hydrogen-bond donors (Lipinski definition) is 2. The van der Waals surface area contributed by atoms with E-state index >= 15 is 0 Å². The monoisotopic (exact) mass is 252 g/mol. The van der Waals surface area contributed by atoms with Crippen molar-refractivity contribution in [2.75, 3.05) is 19.6 Å². The molecule has 2 heterocycles. The van der Waals surface area contributed by atoms with Gasteiger partial charge in [0.15, 0.2) is 0 Å². The van der Waals surface area contributed by atoms with Gasteiger partial charge in [-0.25, -0.2) is 4.98 Å². The van der Waals surface area contributed by atoms with E-state index in [0.29, 0.717) is 0 Å². The second-order valence-corrected chi connectivity index (χ2v) is 5.95. The van der Waals surface area contributed by atoms with E-state index in [2.05, 4.69) is 16.8 Å². The number of thiazole rings is 1. The molecule has 1 aliphatic rings. The highest BCUT2D eigenvalue weighted by molar-refractivity contribution is 7.13. The molecule has 1 aliphatic heterocycles. The molecule has 0 aliphatic carbocycles. The number of nitrogen functional groups attached to an aromatic ring is 1. The summed E-state index contributed by atoms with van der Waals surface area (Å²) in [7, 11) is 0. The Balaban J connectivity index is 1.82. The van der Waals surface area contributed by atoms with Gasteiger partial charge in [-0.05, 0) is 25.3 Å². The average Bonchev–Trinajstić information content (AvgIpc) is 2.75. The minimum atomic E-state index is 0.125. The highest BCUT2D eigenvalue weighted by atomic mass is 32.1. The Labute approximate surface area is 106 Å². The van der Waals surface area contributed by atoms with Gasteiger partial charge in [0, 0.05) is 25.7 Å². The standard InChI is InChI=1S/C12H20N4S/c1-9-3-2-5-16(8-9)6-4-11-15-7-10(17-11)12(13)14/h7,9H,2-6,8H2,1H3,(H3,13,14). The smallest absolute Gasteiger partial charge is 0.134 e. The second-order valence-electron chi connectivity index (χ2n) is 4.83. The lowest BCUT2D eigenvalue weighted by Gasteiger charge is -2.30. The Morgan fingerprint density at radius 1 is 1.71 bits per heavy atom. The topological polar surface area (TPSA) is 66.0 Å². The van der Waals surface area contributed by atoms with Crippen LogP contribution in [0.5, 0.6) is 0 Å². The van der Waals surface area contributed by atoms with Crippen LogP contribution in [0.4, 0.5) is 0 Å². The van der Waals surface area contributed by atoms with Crippen molar-refractivity contribution in [2.45, 2.75) is 26.2 Å². The van der Waals surface area contributed by atoms with E-state index in [-0.39, 0.29) is 5.84 Å². The molecule has 1 aromatic heterocycles. The fourth-order valence-corrected chi connectivity index (χ4v) is 3.06. The van der Waals surface area contributed by atoms with Crippen molar-refractivity contribution in [3.63, 3.8) is 0 Å². The number of hydrogen-bond acceptors (Lipinski definition) is 4. The van der Waals surface area contributed by atoms with Crippen LogP contribution in [0.25, 0.3) is 0 Å². The number of amidine groups is 1. The van der Waals surface area contributed by atoms with Gasteiger partial charge in [-0.15, -0.1) is 11.3 Å². The first-order valence-corrected chi connectivity index (χ1v) is 6.98. The normalized spacial score (nSPS) is 21.6. The van der Waals surface area contributed by atoms with Crippen molar-refractivity contribution >= 4 is 17.2 Å². The van der Waals surface area contributed by atoms with Crippen molar-refractivity contribution in [2.24, 2.45) is 11.7 Å². The number of piperidine rings is 1. The largest absolute Gasteiger partial charge is 0.383 e. The van der Waals surface area contributed by atoms with Crippen LogP contribution < -0.4 is 5.73 Å². The second kappa shape index (κ2) is 5.60. The van der Waals surface area contributed by atoms with Crippen LogP contribution in [-0.4, -0.2) is 35.4 Å². The summed E-state index contributed by atoms with van der Waals surface area (Å²) >= 11 is 1.54. The van der Waals surface area contributed by atoms with Crippen molar-refractivity contribution < 1.29 is 0 Å². The summed E-state index contributed by atoms with van der Waals surface area (Å²) in [4.78, 5) is 7.61. The summed E-state index contributed by atoms with van der Waals surface area (Å²) in [5.41, 5.74) is 5.43. The Kier molecular flexibility index (Phi) is 4.12. The first kappa shape index (κ1) is 12.5. The summed E-state index contributed by atoms with van der Waals surface area (Å²) in [6.07, 6.45) is 5.37. The predicted molar refractivity (Wildman–Crippen MR) is 71.7 cm³/mol. The van der Waals surface area contributed by atoms with E-state index < -0.39 is 0 Å². The van der Waals surface area contributed by atoms with Gasteiger partial charge in [0.2, 0.25) is 0 Å². The Morgan fingerprint density at radius 2 is 2.53 bits per heavy atom. The van der Waals surface area contributed by atoms with E-state index in [4.69, 9.17) is 11.1 Å². The third kappa shape index (κ3) is 3.51.